The maximum atomic E-state index is 5.44. The van der Waals surface area contributed by atoms with Crippen LogP contribution in [0.15, 0.2) is 24.4 Å². The zero-order valence-corrected chi connectivity index (χ0v) is 8.49. The molecule has 2 heterocycles. The van der Waals surface area contributed by atoms with E-state index in [1.165, 1.54) is 0 Å². The Labute approximate surface area is 88.6 Å². The largest absolute Gasteiger partial charge is 0.360 e. The van der Waals surface area contributed by atoms with E-state index in [1.54, 1.807) is 0 Å². The van der Waals surface area contributed by atoms with Crippen LogP contribution in [0.2, 0.25) is 0 Å². The topological polar surface area (TPSA) is 54.7 Å². The molecule has 0 fully saturated rings. The molecule has 2 aromatic rings. The predicted octanol–water partition coefficient (Wildman–Crippen LogP) is 1.87. The number of nitrogens with zero attached hydrogens (tertiary/aromatic N) is 1. The van der Waals surface area contributed by atoms with Crippen LogP contribution in [-0.2, 0) is 6.54 Å². The first-order valence-electron chi connectivity index (χ1n) is 3.53. The Kier molecular flexibility index (Phi) is 4.77. The number of aromatic amines is 1. The average Bonchev–Trinajstić information content (AvgIpc) is 2.50. The highest BCUT2D eigenvalue weighted by atomic mass is 35.5. The highest BCUT2D eigenvalue weighted by Crippen LogP contribution is 2.08. The Morgan fingerprint density at radius 3 is 2.69 bits per heavy atom. The summed E-state index contributed by atoms with van der Waals surface area (Å²) in [7, 11) is 0. The third kappa shape index (κ3) is 2.34. The summed E-state index contributed by atoms with van der Waals surface area (Å²) in [5, 5.41) is 0. The molecule has 5 heteroatoms. The first kappa shape index (κ1) is 12.2. The van der Waals surface area contributed by atoms with Crippen LogP contribution in [0.1, 0.15) is 5.69 Å². The number of nitrogens with two attached hydrogens (primary N) is 1. The fraction of sp³-hybridized carbons (Fsp3) is 0.125. The molecule has 0 atom stereocenters. The predicted molar refractivity (Wildman–Crippen MR) is 58.5 cm³/mol. The second-order valence-corrected chi connectivity index (χ2v) is 2.42. The van der Waals surface area contributed by atoms with Crippen LogP contribution >= 0.6 is 24.8 Å². The number of H-pyrrole nitrogens is 1. The van der Waals surface area contributed by atoms with Gasteiger partial charge in [0.2, 0.25) is 0 Å². The van der Waals surface area contributed by atoms with Crippen molar-refractivity contribution in [3.63, 3.8) is 0 Å². The minimum atomic E-state index is 0. The number of nitrogens with one attached hydrogen (secondary N) is 1. The van der Waals surface area contributed by atoms with Crippen LogP contribution in [0.4, 0.5) is 0 Å². The number of fused-ring (bicyclic) bond motifs is 1. The summed E-state index contributed by atoms with van der Waals surface area (Å²) in [6.45, 7) is 0.501. The summed E-state index contributed by atoms with van der Waals surface area (Å²) < 4.78 is 0. The lowest BCUT2D eigenvalue weighted by atomic mass is 10.3. The quantitative estimate of drug-likeness (QED) is 0.770. The summed E-state index contributed by atoms with van der Waals surface area (Å²) in [5.74, 6) is 0. The normalized spacial score (nSPS) is 9.00. The highest BCUT2D eigenvalue weighted by molar-refractivity contribution is 5.85. The van der Waals surface area contributed by atoms with Crippen LogP contribution < -0.4 is 5.73 Å². The van der Waals surface area contributed by atoms with Gasteiger partial charge in [-0.2, -0.15) is 0 Å². The van der Waals surface area contributed by atoms with Crippen molar-refractivity contribution in [2.24, 2.45) is 5.73 Å². The van der Waals surface area contributed by atoms with E-state index in [2.05, 4.69) is 9.97 Å². The smallest absolute Gasteiger partial charge is 0.0882 e. The molecule has 0 bridgehead atoms. The molecular weight excluding hydrogens is 209 g/mol. The molecule has 0 spiro atoms. The Bertz CT molecular complexity index is 372. The number of hydrogen-bond acceptors (Lipinski definition) is 2. The van der Waals surface area contributed by atoms with Crippen molar-refractivity contribution < 1.29 is 0 Å². The number of rotatable bonds is 1. The second-order valence-electron chi connectivity index (χ2n) is 2.42. The molecule has 0 amide bonds. The van der Waals surface area contributed by atoms with Crippen LogP contribution in [0, 0.1) is 0 Å². The standard InChI is InChI=1S/C8H9N3.2ClH/c9-5-6-1-2-7-8(11-6)3-4-10-7;;/h1-4,10H,5,9H2;2*1H. The van der Waals surface area contributed by atoms with Gasteiger partial charge in [0, 0.05) is 12.7 Å². The van der Waals surface area contributed by atoms with Crippen LogP contribution in [0.3, 0.4) is 0 Å². The van der Waals surface area contributed by atoms with Gasteiger partial charge < -0.3 is 10.7 Å². The van der Waals surface area contributed by atoms with Crippen LogP contribution in [0.25, 0.3) is 11.0 Å². The Hall–Kier alpha value is -0.770. The number of aromatic nitrogens is 2. The summed E-state index contributed by atoms with van der Waals surface area (Å²) in [5.41, 5.74) is 8.40. The molecule has 13 heavy (non-hydrogen) atoms. The van der Waals surface area contributed by atoms with Gasteiger partial charge in [0.1, 0.15) is 0 Å². The molecule has 2 rings (SSSR count). The SMILES string of the molecule is Cl.Cl.NCc1ccc2[nH]ccc2n1. The second kappa shape index (κ2) is 5.07. The molecule has 0 unspecified atom stereocenters. The van der Waals surface area contributed by atoms with Crippen LogP contribution in [0.5, 0.6) is 0 Å². The van der Waals surface area contributed by atoms with E-state index in [1.807, 2.05) is 24.4 Å². The fourth-order valence-corrected chi connectivity index (χ4v) is 1.09. The molecule has 3 nitrogen and oxygen atoms in total. The van der Waals surface area contributed by atoms with Crippen molar-refractivity contribution in [3.8, 4) is 0 Å². The van der Waals surface area contributed by atoms with E-state index >= 15 is 0 Å². The van der Waals surface area contributed by atoms with Gasteiger partial charge in [-0.05, 0) is 18.2 Å². The van der Waals surface area contributed by atoms with Gasteiger partial charge in [-0.25, -0.2) is 4.98 Å². The third-order valence-electron chi connectivity index (χ3n) is 1.67. The summed E-state index contributed by atoms with van der Waals surface area (Å²) in [6.07, 6.45) is 1.87. The van der Waals surface area contributed by atoms with Gasteiger partial charge in [-0.1, -0.05) is 0 Å². The van der Waals surface area contributed by atoms with Crippen molar-refractivity contribution in [2.45, 2.75) is 6.54 Å². The summed E-state index contributed by atoms with van der Waals surface area (Å²) in [4.78, 5) is 7.36. The first-order valence-corrected chi connectivity index (χ1v) is 3.53. The van der Waals surface area contributed by atoms with Gasteiger partial charge in [-0.3, -0.25) is 0 Å². The van der Waals surface area contributed by atoms with E-state index in [0.717, 1.165) is 16.7 Å². The molecule has 0 aliphatic rings. The van der Waals surface area contributed by atoms with E-state index in [9.17, 15) is 0 Å². The summed E-state index contributed by atoms with van der Waals surface area (Å²) in [6, 6.07) is 5.86. The molecule has 0 aliphatic heterocycles. The summed E-state index contributed by atoms with van der Waals surface area (Å²) >= 11 is 0. The third-order valence-corrected chi connectivity index (χ3v) is 1.67. The average molecular weight is 220 g/mol. The van der Waals surface area contributed by atoms with Crippen molar-refractivity contribution in [2.75, 3.05) is 0 Å². The molecule has 0 aliphatic carbocycles. The van der Waals surface area contributed by atoms with E-state index in [0.29, 0.717) is 6.54 Å². The lowest BCUT2D eigenvalue weighted by Crippen LogP contribution is -1.98. The lowest BCUT2D eigenvalue weighted by Gasteiger charge is -1.94. The molecule has 72 valence electrons. The van der Waals surface area contributed by atoms with Gasteiger partial charge in [-0.15, -0.1) is 24.8 Å². The highest BCUT2D eigenvalue weighted by Gasteiger charge is 1.95. The van der Waals surface area contributed by atoms with E-state index < -0.39 is 0 Å². The molecule has 2 aromatic heterocycles. The van der Waals surface area contributed by atoms with Crippen molar-refractivity contribution >= 4 is 35.8 Å². The Balaban J connectivity index is 0.000000720. The maximum absolute atomic E-state index is 5.44. The maximum Gasteiger partial charge on any atom is 0.0882 e. The van der Waals surface area contributed by atoms with Gasteiger partial charge in [0.05, 0.1) is 16.7 Å². The van der Waals surface area contributed by atoms with Gasteiger partial charge in [0.25, 0.3) is 0 Å². The van der Waals surface area contributed by atoms with E-state index in [-0.39, 0.29) is 24.8 Å². The zero-order valence-electron chi connectivity index (χ0n) is 6.86. The zero-order chi connectivity index (χ0) is 7.68. The molecule has 0 saturated carbocycles. The van der Waals surface area contributed by atoms with Gasteiger partial charge in [0.15, 0.2) is 0 Å². The number of halogens is 2. The van der Waals surface area contributed by atoms with Crippen LogP contribution in [-0.4, -0.2) is 9.97 Å². The molecule has 0 saturated heterocycles. The van der Waals surface area contributed by atoms with Crippen molar-refractivity contribution in [3.05, 3.63) is 30.1 Å². The Morgan fingerprint density at radius 1 is 1.23 bits per heavy atom. The van der Waals surface area contributed by atoms with E-state index in [4.69, 9.17) is 5.73 Å². The minimum absolute atomic E-state index is 0. The Morgan fingerprint density at radius 2 is 2.00 bits per heavy atom. The molecular formula is C8H11Cl2N3. The van der Waals surface area contributed by atoms with Crippen molar-refractivity contribution in [1.82, 2.24) is 9.97 Å². The molecule has 3 N–H and O–H groups in total. The monoisotopic (exact) mass is 219 g/mol. The molecule has 0 aromatic carbocycles. The lowest BCUT2D eigenvalue weighted by molar-refractivity contribution is 1.01. The fourth-order valence-electron chi connectivity index (χ4n) is 1.09. The first-order chi connectivity index (χ1) is 5.40. The number of pyridine rings is 1. The minimum Gasteiger partial charge on any atom is -0.360 e. The number of hydrogen-bond donors (Lipinski definition) is 2. The molecule has 0 radical (unpaired) electrons. The van der Waals surface area contributed by atoms with Crippen molar-refractivity contribution in [1.29, 1.82) is 0 Å². The van der Waals surface area contributed by atoms with Gasteiger partial charge >= 0.3 is 0 Å².